The average molecular weight is 670 g/mol. The molecule has 10 rings (SSSR count). The molecule has 0 amide bonds. The highest BCUT2D eigenvalue weighted by Gasteiger charge is 2.41. The largest absolute Gasteiger partial charge is 0.455 e. The molecule has 0 fully saturated rings. The highest BCUT2D eigenvalue weighted by molar-refractivity contribution is 7.04. The summed E-state index contributed by atoms with van der Waals surface area (Å²) in [5.74, 6) is 0. The molecule has 2 nitrogen and oxygen atoms in total. The standard InChI is InChI=1S/C48H35NOSi/c1-51(2)44-21-11-19-42(46(44)47-45(51)29-28-41-40-18-8-9-20-43(40)50-48(41)47)49(39-17-10-16-36(31-39)32-12-4-3-5-13-32)38-26-24-34(25-27-38)37-23-22-33-14-6-7-15-35(33)30-37/h3-31H,1-2H3. The van der Waals surface area contributed by atoms with E-state index in [0.717, 1.165) is 27.9 Å². The van der Waals surface area contributed by atoms with Crippen molar-refractivity contribution in [1.29, 1.82) is 0 Å². The molecule has 0 spiro atoms. The quantitative estimate of drug-likeness (QED) is 0.170. The van der Waals surface area contributed by atoms with Gasteiger partial charge in [-0.3, -0.25) is 0 Å². The predicted molar refractivity (Wildman–Crippen MR) is 219 cm³/mol. The molecule has 0 saturated heterocycles. The van der Waals surface area contributed by atoms with Crippen LogP contribution in [0.5, 0.6) is 0 Å². The van der Waals surface area contributed by atoms with Gasteiger partial charge in [-0.2, -0.15) is 0 Å². The van der Waals surface area contributed by atoms with Gasteiger partial charge in [-0.25, -0.2) is 0 Å². The number of anilines is 3. The number of hydrogen-bond donors (Lipinski definition) is 0. The second kappa shape index (κ2) is 11.4. The highest BCUT2D eigenvalue weighted by Crippen LogP contribution is 2.47. The van der Waals surface area contributed by atoms with E-state index in [-0.39, 0.29) is 0 Å². The Morgan fingerprint density at radius 2 is 1.10 bits per heavy atom. The van der Waals surface area contributed by atoms with Gasteiger partial charge in [0.15, 0.2) is 0 Å². The Kier molecular flexibility index (Phi) is 6.67. The Bertz CT molecular complexity index is 2780. The van der Waals surface area contributed by atoms with Crippen LogP contribution < -0.4 is 15.3 Å². The summed E-state index contributed by atoms with van der Waals surface area (Å²) in [6, 6.07) is 64.0. The number of fused-ring (bicyclic) bond motifs is 8. The van der Waals surface area contributed by atoms with E-state index in [2.05, 4.69) is 194 Å². The smallest absolute Gasteiger partial charge is 0.143 e. The molecule has 9 aromatic rings. The molecule has 1 aromatic heterocycles. The molecule has 1 aliphatic heterocycles. The van der Waals surface area contributed by atoms with Crippen LogP contribution in [0.1, 0.15) is 0 Å². The first kappa shape index (κ1) is 29.7. The summed E-state index contributed by atoms with van der Waals surface area (Å²) >= 11 is 0. The third-order valence-electron chi connectivity index (χ3n) is 10.8. The molecule has 3 heteroatoms. The van der Waals surface area contributed by atoms with Gasteiger partial charge in [-0.15, -0.1) is 0 Å². The summed E-state index contributed by atoms with van der Waals surface area (Å²) in [5.41, 5.74) is 12.7. The van der Waals surface area contributed by atoms with Gasteiger partial charge in [0.1, 0.15) is 19.2 Å². The number of nitrogens with zero attached hydrogens (tertiary/aromatic N) is 1. The Balaban J connectivity index is 1.20. The van der Waals surface area contributed by atoms with E-state index in [4.69, 9.17) is 4.42 Å². The lowest BCUT2D eigenvalue weighted by molar-refractivity contribution is 0.670. The summed E-state index contributed by atoms with van der Waals surface area (Å²) in [5, 5.41) is 7.72. The molecule has 0 unspecified atom stereocenters. The van der Waals surface area contributed by atoms with E-state index in [0.29, 0.717) is 0 Å². The molecule has 51 heavy (non-hydrogen) atoms. The van der Waals surface area contributed by atoms with E-state index in [1.54, 1.807) is 0 Å². The van der Waals surface area contributed by atoms with Crippen LogP contribution in [0.4, 0.5) is 17.1 Å². The zero-order chi connectivity index (χ0) is 34.1. The molecule has 2 heterocycles. The van der Waals surface area contributed by atoms with Crippen LogP contribution in [0.15, 0.2) is 180 Å². The monoisotopic (exact) mass is 669 g/mol. The Morgan fingerprint density at radius 1 is 0.431 bits per heavy atom. The number of benzene rings is 8. The average Bonchev–Trinajstić information content (AvgIpc) is 3.68. The van der Waals surface area contributed by atoms with Crippen molar-refractivity contribution in [2.45, 2.75) is 13.1 Å². The minimum absolute atomic E-state index is 0.933. The van der Waals surface area contributed by atoms with Crippen LogP contribution in [0.25, 0.3) is 66.1 Å². The fourth-order valence-electron chi connectivity index (χ4n) is 8.27. The zero-order valence-corrected chi connectivity index (χ0v) is 29.6. The maximum absolute atomic E-state index is 6.77. The molecule has 8 aromatic carbocycles. The van der Waals surface area contributed by atoms with Crippen LogP contribution >= 0.6 is 0 Å². The Hall–Kier alpha value is -6.16. The molecule has 0 atom stereocenters. The number of para-hydroxylation sites is 1. The van der Waals surface area contributed by atoms with Gasteiger partial charge in [0.05, 0.1) is 5.69 Å². The van der Waals surface area contributed by atoms with E-state index < -0.39 is 8.07 Å². The minimum Gasteiger partial charge on any atom is -0.455 e. The summed E-state index contributed by atoms with van der Waals surface area (Å²) in [6.07, 6.45) is 0. The Labute approximate surface area is 298 Å². The lowest BCUT2D eigenvalue weighted by atomic mass is 9.98. The third kappa shape index (κ3) is 4.70. The second-order valence-corrected chi connectivity index (χ2v) is 18.5. The molecule has 0 radical (unpaired) electrons. The molecule has 0 N–H and O–H groups in total. The first-order valence-corrected chi connectivity index (χ1v) is 20.7. The van der Waals surface area contributed by atoms with Crippen molar-refractivity contribution in [1.82, 2.24) is 0 Å². The van der Waals surface area contributed by atoms with E-state index in [1.165, 1.54) is 65.6 Å². The lowest BCUT2D eigenvalue weighted by Gasteiger charge is -2.29. The normalized spacial score (nSPS) is 13.1. The maximum Gasteiger partial charge on any atom is 0.143 e. The highest BCUT2D eigenvalue weighted by atomic mass is 28.3. The van der Waals surface area contributed by atoms with Crippen molar-refractivity contribution >= 4 is 68.2 Å². The maximum atomic E-state index is 6.77. The third-order valence-corrected chi connectivity index (χ3v) is 14.4. The van der Waals surface area contributed by atoms with E-state index >= 15 is 0 Å². The second-order valence-electron chi connectivity index (χ2n) is 14.1. The van der Waals surface area contributed by atoms with Crippen LogP contribution in [-0.2, 0) is 0 Å². The molecule has 1 aliphatic rings. The molecule has 0 aliphatic carbocycles. The van der Waals surface area contributed by atoms with Gasteiger partial charge in [0.2, 0.25) is 0 Å². The van der Waals surface area contributed by atoms with Crippen LogP contribution in [0.3, 0.4) is 0 Å². The number of hydrogen-bond acceptors (Lipinski definition) is 2. The molecular formula is C48H35NOSi. The van der Waals surface area contributed by atoms with Crippen LogP contribution in [0, 0.1) is 0 Å². The van der Waals surface area contributed by atoms with Crippen molar-refractivity contribution in [2.24, 2.45) is 0 Å². The first-order valence-electron chi connectivity index (χ1n) is 17.7. The van der Waals surface area contributed by atoms with E-state index in [9.17, 15) is 0 Å². The lowest BCUT2D eigenvalue weighted by Crippen LogP contribution is -2.49. The van der Waals surface area contributed by atoms with Crippen molar-refractivity contribution in [2.75, 3.05) is 4.90 Å². The van der Waals surface area contributed by atoms with Gasteiger partial charge in [-0.1, -0.05) is 147 Å². The topological polar surface area (TPSA) is 16.4 Å². The fraction of sp³-hybridized carbons (Fsp3) is 0.0417. The predicted octanol–water partition coefficient (Wildman–Crippen LogP) is 12.3. The summed E-state index contributed by atoms with van der Waals surface area (Å²) in [6.45, 7) is 4.96. The van der Waals surface area contributed by atoms with Crippen molar-refractivity contribution in [3.8, 4) is 33.4 Å². The Morgan fingerprint density at radius 3 is 1.96 bits per heavy atom. The van der Waals surface area contributed by atoms with Gasteiger partial charge in [0.25, 0.3) is 0 Å². The van der Waals surface area contributed by atoms with Gasteiger partial charge < -0.3 is 9.32 Å². The minimum atomic E-state index is -2.05. The van der Waals surface area contributed by atoms with Crippen LogP contribution in [-0.4, -0.2) is 8.07 Å². The summed E-state index contributed by atoms with van der Waals surface area (Å²) < 4.78 is 6.77. The van der Waals surface area contributed by atoms with Crippen molar-refractivity contribution < 1.29 is 4.42 Å². The first-order chi connectivity index (χ1) is 25.0. The SMILES string of the molecule is C[Si]1(C)c2cccc(N(c3ccc(-c4ccc5ccccc5c4)cc3)c3cccc(-c4ccccc4)c3)c2-c2c1ccc1c2oc2ccccc21. The summed E-state index contributed by atoms with van der Waals surface area (Å²) in [7, 11) is -2.05. The molecule has 0 bridgehead atoms. The van der Waals surface area contributed by atoms with Crippen molar-refractivity contribution in [3.63, 3.8) is 0 Å². The van der Waals surface area contributed by atoms with Gasteiger partial charge in [-0.05, 0) is 85.9 Å². The van der Waals surface area contributed by atoms with Crippen molar-refractivity contribution in [3.05, 3.63) is 176 Å². The zero-order valence-electron chi connectivity index (χ0n) is 28.6. The van der Waals surface area contributed by atoms with E-state index in [1.807, 2.05) is 0 Å². The molecule has 242 valence electrons. The van der Waals surface area contributed by atoms with Gasteiger partial charge >= 0.3 is 0 Å². The molecular weight excluding hydrogens is 635 g/mol. The van der Waals surface area contributed by atoms with Gasteiger partial charge in [0, 0.05) is 33.3 Å². The summed E-state index contributed by atoms with van der Waals surface area (Å²) in [4.78, 5) is 2.45. The molecule has 0 saturated carbocycles. The fourth-order valence-corrected chi connectivity index (χ4v) is 11.3. The number of furan rings is 1. The van der Waals surface area contributed by atoms with Crippen LogP contribution in [0.2, 0.25) is 13.1 Å². The number of rotatable bonds is 5.